The minimum absolute atomic E-state index is 0.138. The van der Waals surface area contributed by atoms with Crippen LogP contribution in [0.5, 0.6) is 0 Å². The third-order valence-electron chi connectivity index (χ3n) is 4.20. The summed E-state index contributed by atoms with van der Waals surface area (Å²) in [6.07, 6.45) is 2.34. The number of rotatable bonds is 1. The molecule has 0 heterocycles. The van der Waals surface area contributed by atoms with Crippen LogP contribution in [0.2, 0.25) is 0 Å². The second kappa shape index (κ2) is 6.33. The van der Waals surface area contributed by atoms with Crippen molar-refractivity contribution in [1.82, 2.24) is 0 Å². The summed E-state index contributed by atoms with van der Waals surface area (Å²) in [5.74, 6) is 0.347. The number of aliphatic hydroxyl groups is 4. The van der Waals surface area contributed by atoms with E-state index in [1.807, 2.05) is 6.92 Å². The van der Waals surface area contributed by atoms with Crippen LogP contribution < -0.4 is 0 Å². The average Bonchev–Trinajstić information content (AvgIpc) is 2.70. The molecule has 2 aliphatic rings. The Balaban J connectivity index is 0.000000180. The standard InChI is InChI=1S/2C7H14O2/c1-7(2)3-5(8)6(9)4-7;1-2-5-3-4-6(8)7(5)9/h5-6,8-9H,3-4H2,1-2H3;5-9H,2-4H2,1H3. The van der Waals surface area contributed by atoms with Crippen molar-refractivity contribution in [3.05, 3.63) is 0 Å². The molecule has 5 atom stereocenters. The number of hydrogen-bond acceptors (Lipinski definition) is 4. The highest BCUT2D eigenvalue weighted by Gasteiger charge is 2.36. The lowest BCUT2D eigenvalue weighted by molar-refractivity contribution is 0.0199. The molecule has 2 rings (SSSR count). The average molecular weight is 260 g/mol. The van der Waals surface area contributed by atoms with Gasteiger partial charge in [0.2, 0.25) is 0 Å². The summed E-state index contributed by atoms with van der Waals surface area (Å²) in [5, 5.41) is 36.4. The lowest BCUT2D eigenvalue weighted by atomic mass is 9.92. The fourth-order valence-corrected chi connectivity index (χ4v) is 2.97. The first-order valence-corrected chi connectivity index (χ1v) is 6.99. The Morgan fingerprint density at radius 2 is 1.39 bits per heavy atom. The lowest BCUT2D eigenvalue weighted by Crippen LogP contribution is -2.24. The minimum Gasteiger partial charge on any atom is -0.390 e. The van der Waals surface area contributed by atoms with E-state index in [1.165, 1.54) is 0 Å². The van der Waals surface area contributed by atoms with Gasteiger partial charge in [0.15, 0.2) is 0 Å². The van der Waals surface area contributed by atoms with Gasteiger partial charge in [-0.3, -0.25) is 0 Å². The Morgan fingerprint density at radius 1 is 0.889 bits per heavy atom. The normalized spacial score (nSPS) is 42.5. The van der Waals surface area contributed by atoms with Crippen molar-refractivity contribution >= 4 is 0 Å². The molecule has 0 amide bonds. The Hall–Kier alpha value is -0.160. The molecular weight excluding hydrogens is 232 g/mol. The predicted molar refractivity (Wildman–Crippen MR) is 70.1 cm³/mol. The van der Waals surface area contributed by atoms with Crippen molar-refractivity contribution in [2.75, 3.05) is 0 Å². The van der Waals surface area contributed by atoms with Gasteiger partial charge in [-0.15, -0.1) is 0 Å². The molecule has 0 aromatic heterocycles. The summed E-state index contributed by atoms with van der Waals surface area (Å²) in [7, 11) is 0. The van der Waals surface area contributed by atoms with E-state index >= 15 is 0 Å². The SMILES string of the molecule is CC1(C)CC(O)C(O)C1.CCC1CCC(O)C1O. The Morgan fingerprint density at radius 3 is 1.56 bits per heavy atom. The molecule has 0 spiro atoms. The number of hydrogen-bond donors (Lipinski definition) is 4. The monoisotopic (exact) mass is 260 g/mol. The van der Waals surface area contributed by atoms with Gasteiger partial charge in [-0.2, -0.15) is 0 Å². The van der Waals surface area contributed by atoms with Crippen LogP contribution in [0.4, 0.5) is 0 Å². The molecule has 0 radical (unpaired) electrons. The van der Waals surface area contributed by atoms with Crippen molar-refractivity contribution in [3.8, 4) is 0 Å². The molecule has 0 aromatic rings. The molecule has 2 saturated carbocycles. The van der Waals surface area contributed by atoms with Crippen LogP contribution in [0.1, 0.15) is 52.9 Å². The maximum absolute atomic E-state index is 9.21. The summed E-state index contributed by atoms with van der Waals surface area (Å²) in [6, 6.07) is 0. The van der Waals surface area contributed by atoms with E-state index in [0.29, 0.717) is 5.92 Å². The largest absolute Gasteiger partial charge is 0.390 e. The number of aliphatic hydroxyl groups excluding tert-OH is 4. The van der Waals surface area contributed by atoms with E-state index in [0.717, 1.165) is 32.1 Å². The van der Waals surface area contributed by atoms with E-state index in [-0.39, 0.29) is 5.41 Å². The van der Waals surface area contributed by atoms with Crippen molar-refractivity contribution in [2.45, 2.75) is 77.3 Å². The summed E-state index contributed by atoms with van der Waals surface area (Å²) in [6.45, 7) is 6.17. The Bertz CT molecular complexity index is 242. The third-order valence-corrected chi connectivity index (χ3v) is 4.20. The van der Waals surface area contributed by atoms with Gasteiger partial charge in [-0.25, -0.2) is 0 Å². The predicted octanol–water partition coefficient (Wildman–Crippen LogP) is 1.06. The zero-order chi connectivity index (χ0) is 13.9. The van der Waals surface area contributed by atoms with Gasteiger partial charge in [0.1, 0.15) is 0 Å². The lowest BCUT2D eigenvalue weighted by Gasteiger charge is -2.14. The Kier molecular flexibility index (Phi) is 5.59. The Labute approximate surface area is 110 Å². The quantitative estimate of drug-likeness (QED) is 0.568. The molecule has 0 aromatic carbocycles. The molecule has 0 aliphatic heterocycles. The molecular formula is C14H28O4. The van der Waals surface area contributed by atoms with E-state index in [4.69, 9.17) is 15.3 Å². The molecule has 4 heteroatoms. The van der Waals surface area contributed by atoms with Crippen molar-refractivity contribution in [2.24, 2.45) is 11.3 Å². The fourth-order valence-electron chi connectivity index (χ4n) is 2.97. The van der Waals surface area contributed by atoms with Crippen LogP contribution in [-0.2, 0) is 0 Å². The van der Waals surface area contributed by atoms with Crippen LogP contribution in [-0.4, -0.2) is 44.8 Å². The van der Waals surface area contributed by atoms with Crippen molar-refractivity contribution in [3.63, 3.8) is 0 Å². The fraction of sp³-hybridized carbons (Fsp3) is 1.00. The molecule has 0 bridgehead atoms. The van der Waals surface area contributed by atoms with Gasteiger partial charge in [-0.1, -0.05) is 27.2 Å². The van der Waals surface area contributed by atoms with Crippen LogP contribution in [0.15, 0.2) is 0 Å². The van der Waals surface area contributed by atoms with Gasteiger partial charge >= 0.3 is 0 Å². The molecule has 0 saturated heterocycles. The van der Waals surface area contributed by atoms with Crippen LogP contribution >= 0.6 is 0 Å². The first-order chi connectivity index (χ1) is 8.26. The highest BCUT2D eigenvalue weighted by molar-refractivity contribution is 4.88. The van der Waals surface area contributed by atoms with Crippen LogP contribution in [0.25, 0.3) is 0 Å². The van der Waals surface area contributed by atoms with Gasteiger partial charge in [0.05, 0.1) is 24.4 Å². The summed E-state index contributed by atoms with van der Waals surface area (Å²) in [4.78, 5) is 0. The molecule has 2 fully saturated rings. The molecule has 108 valence electrons. The first-order valence-electron chi connectivity index (χ1n) is 6.99. The van der Waals surface area contributed by atoms with Crippen LogP contribution in [0.3, 0.4) is 0 Å². The van der Waals surface area contributed by atoms with E-state index in [9.17, 15) is 5.11 Å². The van der Waals surface area contributed by atoms with Gasteiger partial charge in [0.25, 0.3) is 0 Å². The summed E-state index contributed by atoms with van der Waals surface area (Å²) in [5.41, 5.74) is 0.138. The summed E-state index contributed by atoms with van der Waals surface area (Å²) >= 11 is 0. The maximum Gasteiger partial charge on any atom is 0.0827 e. The molecule has 18 heavy (non-hydrogen) atoms. The highest BCUT2D eigenvalue weighted by Crippen LogP contribution is 2.36. The smallest absolute Gasteiger partial charge is 0.0827 e. The second-order valence-corrected chi connectivity index (χ2v) is 6.51. The van der Waals surface area contributed by atoms with Gasteiger partial charge < -0.3 is 20.4 Å². The first kappa shape index (κ1) is 15.9. The summed E-state index contributed by atoms with van der Waals surface area (Å²) < 4.78 is 0. The van der Waals surface area contributed by atoms with Crippen molar-refractivity contribution in [1.29, 1.82) is 0 Å². The zero-order valence-electron chi connectivity index (χ0n) is 11.7. The topological polar surface area (TPSA) is 80.9 Å². The second-order valence-electron chi connectivity index (χ2n) is 6.51. The van der Waals surface area contributed by atoms with E-state index < -0.39 is 24.4 Å². The van der Waals surface area contributed by atoms with E-state index in [1.54, 1.807) is 0 Å². The highest BCUT2D eigenvalue weighted by atomic mass is 16.3. The van der Waals surface area contributed by atoms with Gasteiger partial charge in [-0.05, 0) is 37.0 Å². The molecule has 5 unspecified atom stereocenters. The molecule has 4 nitrogen and oxygen atoms in total. The van der Waals surface area contributed by atoms with Crippen molar-refractivity contribution < 1.29 is 20.4 Å². The third kappa shape index (κ3) is 4.19. The molecule has 2 aliphatic carbocycles. The maximum atomic E-state index is 9.21. The zero-order valence-corrected chi connectivity index (χ0v) is 11.7. The minimum atomic E-state index is -0.486. The van der Waals surface area contributed by atoms with Gasteiger partial charge in [0, 0.05) is 0 Å². The van der Waals surface area contributed by atoms with Crippen LogP contribution in [0, 0.1) is 11.3 Å². The van der Waals surface area contributed by atoms with E-state index in [2.05, 4.69) is 13.8 Å². The molecule has 4 N–H and O–H groups in total.